The second kappa shape index (κ2) is 6.35. The van der Waals surface area contributed by atoms with Crippen molar-refractivity contribution in [1.29, 1.82) is 0 Å². The molecule has 2 aromatic carbocycles. The highest BCUT2D eigenvalue weighted by atomic mass is 16.1. The molecule has 110 valence electrons. The van der Waals surface area contributed by atoms with Crippen LogP contribution in [-0.4, -0.2) is 22.4 Å². The summed E-state index contributed by atoms with van der Waals surface area (Å²) >= 11 is 0. The Morgan fingerprint density at radius 1 is 1.05 bits per heavy atom. The summed E-state index contributed by atoms with van der Waals surface area (Å²) in [7, 11) is 0. The van der Waals surface area contributed by atoms with E-state index in [-0.39, 0.29) is 11.8 Å². The van der Waals surface area contributed by atoms with Crippen LogP contribution in [0.25, 0.3) is 11.0 Å². The van der Waals surface area contributed by atoms with E-state index < -0.39 is 0 Å². The number of benzene rings is 2. The van der Waals surface area contributed by atoms with Crippen LogP contribution >= 0.6 is 0 Å². The Hall–Kier alpha value is -2.75. The summed E-state index contributed by atoms with van der Waals surface area (Å²) in [5.74, 6) is 0.181. The highest BCUT2D eigenvalue weighted by molar-refractivity contribution is 5.97. The van der Waals surface area contributed by atoms with Crippen LogP contribution in [0.15, 0.2) is 60.9 Å². The fourth-order valence-electron chi connectivity index (χ4n) is 2.35. The normalized spacial score (nSPS) is 12.0. The number of nitrogens with zero attached hydrogens (tertiary/aromatic N) is 2. The molecule has 0 radical (unpaired) electrons. The zero-order chi connectivity index (χ0) is 15.4. The quantitative estimate of drug-likeness (QED) is 0.803. The lowest BCUT2D eigenvalue weighted by Crippen LogP contribution is -2.27. The van der Waals surface area contributed by atoms with E-state index in [9.17, 15) is 4.79 Å². The average molecular weight is 291 g/mol. The molecule has 1 amide bonds. The van der Waals surface area contributed by atoms with E-state index in [2.05, 4.69) is 34.3 Å². The van der Waals surface area contributed by atoms with Crippen molar-refractivity contribution in [2.24, 2.45) is 0 Å². The Morgan fingerprint density at radius 3 is 2.55 bits per heavy atom. The number of hydrogen-bond acceptors (Lipinski definition) is 3. The predicted molar refractivity (Wildman–Crippen MR) is 86.7 cm³/mol. The van der Waals surface area contributed by atoms with Gasteiger partial charge in [-0.1, -0.05) is 37.3 Å². The third kappa shape index (κ3) is 3.11. The molecule has 0 saturated heterocycles. The van der Waals surface area contributed by atoms with E-state index in [0.29, 0.717) is 12.1 Å². The first kappa shape index (κ1) is 14.2. The van der Waals surface area contributed by atoms with E-state index in [1.165, 1.54) is 5.56 Å². The molecule has 0 aliphatic carbocycles. The number of amides is 1. The zero-order valence-corrected chi connectivity index (χ0v) is 12.4. The van der Waals surface area contributed by atoms with Gasteiger partial charge in [0.1, 0.15) is 0 Å². The van der Waals surface area contributed by atoms with Crippen LogP contribution in [0.1, 0.15) is 28.8 Å². The minimum absolute atomic E-state index is 0.0877. The van der Waals surface area contributed by atoms with Gasteiger partial charge in [0.25, 0.3) is 5.91 Å². The standard InChI is InChI=1S/C18H17N3O/c1-13(14-5-3-2-4-6-14)12-21-18(22)15-7-8-16-17(11-15)20-10-9-19-16/h2-11,13H,12H2,1H3,(H,21,22). The van der Waals surface area contributed by atoms with Gasteiger partial charge in [0.15, 0.2) is 0 Å². The van der Waals surface area contributed by atoms with Crippen LogP contribution in [0, 0.1) is 0 Å². The summed E-state index contributed by atoms with van der Waals surface area (Å²) in [5.41, 5.74) is 3.34. The van der Waals surface area contributed by atoms with Gasteiger partial charge in [0.2, 0.25) is 0 Å². The molecule has 0 spiro atoms. The first-order valence-electron chi connectivity index (χ1n) is 7.28. The maximum Gasteiger partial charge on any atom is 0.251 e. The molecule has 0 saturated carbocycles. The number of nitrogens with one attached hydrogen (secondary N) is 1. The minimum atomic E-state index is -0.0877. The molecule has 22 heavy (non-hydrogen) atoms. The SMILES string of the molecule is CC(CNC(=O)c1ccc2nccnc2c1)c1ccccc1. The molecule has 4 heteroatoms. The minimum Gasteiger partial charge on any atom is -0.351 e. The second-order valence-electron chi connectivity index (χ2n) is 5.28. The van der Waals surface area contributed by atoms with Crippen LogP contribution in [-0.2, 0) is 0 Å². The lowest BCUT2D eigenvalue weighted by Gasteiger charge is -2.13. The molecule has 1 heterocycles. The maximum absolute atomic E-state index is 12.3. The molecule has 1 unspecified atom stereocenters. The van der Waals surface area contributed by atoms with Gasteiger partial charge >= 0.3 is 0 Å². The molecular formula is C18H17N3O. The number of fused-ring (bicyclic) bond motifs is 1. The molecule has 0 fully saturated rings. The summed E-state index contributed by atoms with van der Waals surface area (Å²) in [6.45, 7) is 2.70. The van der Waals surface area contributed by atoms with Crippen LogP contribution in [0.2, 0.25) is 0 Å². The molecule has 1 atom stereocenters. The lowest BCUT2D eigenvalue weighted by molar-refractivity contribution is 0.0952. The van der Waals surface area contributed by atoms with E-state index >= 15 is 0 Å². The van der Waals surface area contributed by atoms with E-state index in [1.807, 2.05) is 24.3 Å². The van der Waals surface area contributed by atoms with Crippen molar-refractivity contribution < 1.29 is 4.79 Å². The zero-order valence-electron chi connectivity index (χ0n) is 12.4. The van der Waals surface area contributed by atoms with Gasteiger partial charge in [0.05, 0.1) is 11.0 Å². The van der Waals surface area contributed by atoms with Gasteiger partial charge in [-0.2, -0.15) is 0 Å². The summed E-state index contributed by atoms with van der Waals surface area (Å²) in [6, 6.07) is 15.5. The fourth-order valence-corrected chi connectivity index (χ4v) is 2.35. The molecule has 0 aliphatic heterocycles. The first-order valence-corrected chi connectivity index (χ1v) is 7.28. The molecule has 0 bridgehead atoms. The number of aromatic nitrogens is 2. The Balaban J connectivity index is 1.68. The van der Waals surface area contributed by atoms with Crippen LogP contribution in [0.4, 0.5) is 0 Å². The third-order valence-electron chi connectivity index (χ3n) is 3.67. The van der Waals surface area contributed by atoms with E-state index in [0.717, 1.165) is 11.0 Å². The van der Waals surface area contributed by atoms with Gasteiger partial charge in [-0.15, -0.1) is 0 Å². The molecule has 0 aliphatic rings. The average Bonchev–Trinajstić information content (AvgIpc) is 2.59. The molecular weight excluding hydrogens is 274 g/mol. The predicted octanol–water partition coefficient (Wildman–Crippen LogP) is 3.16. The van der Waals surface area contributed by atoms with Crippen molar-refractivity contribution in [1.82, 2.24) is 15.3 Å². The monoisotopic (exact) mass is 291 g/mol. The van der Waals surface area contributed by atoms with Crippen molar-refractivity contribution in [3.05, 3.63) is 72.1 Å². The summed E-state index contributed by atoms with van der Waals surface area (Å²) in [4.78, 5) is 20.7. The number of carbonyl (C=O) groups excluding carboxylic acids is 1. The topological polar surface area (TPSA) is 54.9 Å². The lowest BCUT2D eigenvalue weighted by atomic mass is 10.0. The number of rotatable bonds is 4. The van der Waals surface area contributed by atoms with Crippen molar-refractivity contribution in [2.45, 2.75) is 12.8 Å². The Labute approximate surface area is 129 Å². The highest BCUT2D eigenvalue weighted by Gasteiger charge is 2.10. The summed E-state index contributed by atoms with van der Waals surface area (Å²) in [6.07, 6.45) is 3.27. The molecule has 1 N–H and O–H groups in total. The van der Waals surface area contributed by atoms with E-state index in [1.54, 1.807) is 24.5 Å². The Kier molecular flexibility index (Phi) is 4.10. The van der Waals surface area contributed by atoms with E-state index in [4.69, 9.17) is 0 Å². The molecule has 3 rings (SSSR count). The maximum atomic E-state index is 12.3. The van der Waals surface area contributed by atoms with Crippen LogP contribution in [0.5, 0.6) is 0 Å². The van der Waals surface area contributed by atoms with Gasteiger partial charge in [-0.25, -0.2) is 0 Å². The van der Waals surface area contributed by atoms with Gasteiger partial charge < -0.3 is 5.32 Å². The first-order chi connectivity index (χ1) is 10.7. The van der Waals surface area contributed by atoms with Gasteiger partial charge in [-0.3, -0.25) is 14.8 Å². The Bertz CT molecular complexity index is 786. The fraction of sp³-hybridized carbons (Fsp3) is 0.167. The highest BCUT2D eigenvalue weighted by Crippen LogP contribution is 2.14. The van der Waals surface area contributed by atoms with Crippen LogP contribution < -0.4 is 5.32 Å². The number of hydrogen-bond donors (Lipinski definition) is 1. The smallest absolute Gasteiger partial charge is 0.251 e. The van der Waals surface area contributed by atoms with Crippen molar-refractivity contribution in [3.63, 3.8) is 0 Å². The number of carbonyl (C=O) groups is 1. The third-order valence-corrected chi connectivity index (χ3v) is 3.67. The second-order valence-corrected chi connectivity index (χ2v) is 5.28. The molecule has 3 aromatic rings. The largest absolute Gasteiger partial charge is 0.351 e. The Morgan fingerprint density at radius 2 is 1.77 bits per heavy atom. The van der Waals surface area contributed by atoms with Crippen molar-refractivity contribution in [2.75, 3.05) is 6.54 Å². The van der Waals surface area contributed by atoms with Crippen LogP contribution in [0.3, 0.4) is 0 Å². The molecule has 1 aromatic heterocycles. The van der Waals surface area contributed by atoms with Crippen molar-refractivity contribution in [3.8, 4) is 0 Å². The summed E-state index contributed by atoms with van der Waals surface area (Å²) < 4.78 is 0. The van der Waals surface area contributed by atoms with Gasteiger partial charge in [-0.05, 0) is 29.7 Å². The summed E-state index contributed by atoms with van der Waals surface area (Å²) in [5, 5.41) is 2.97. The molecule has 4 nitrogen and oxygen atoms in total. The van der Waals surface area contributed by atoms with Gasteiger partial charge in [0, 0.05) is 24.5 Å². The van der Waals surface area contributed by atoms with Crippen molar-refractivity contribution >= 4 is 16.9 Å².